The van der Waals surface area contributed by atoms with E-state index >= 15 is 0 Å². The van der Waals surface area contributed by atoms with Gasteiger partial charge >= 0.3 is 0 Å². The molecule has 3 aliphatic carbocycles. The van der Waals surface area contributed by atoms with E-state index in [2.05, 4.69) is 20.8 Å². The number of carbonyl (C=O) groups is 1. The van der Waals surface area contributed by atoms with Gasteiger partial charge in [-0.15, -0.1) is 0 Å². The maximum Gasteiger partial charge on any atom is 0.238 e. The predicted molar refractivity (Wildman–Crippen MR) is 97.5 cm³/mol. The van der Waals surface area contributed by atoms with Gasteiger partial charge < -0.3 is 0 Å². The van der Waals surface area contributed by atoms with Crippen molar-refractivity contribution in [2.45, 2.75) is 85.5 Å². The number of fused-ring (bicyclic) bond motifs is 3. The van der Waals surface area contributed by atoms with Crippen molar-refractivity contribution in [3.8, 4) is 0 Å². The fraction of sp³-hybridized carbons (Fsp3) is 0.955. The number of Topliss-reactive ketones (excluding diaryl/α,β-unsaturated/α-hetero) is 1. The van der Waals surface area contributed by atoms with Crippen LogP contribution in [0.2, 0.25) is 0 Å². The monoisotopic (exact) mass is 354 g/mol. The molecule has 0 aromatic rings. The number of ketones is 1. The molecular formula is C22H36F2O. The van der Waals surface area contributed by atoms with Crippen molar-refractivity contribution in [3.05, 3.63) is 0 Å². The molecule has 0 N–H and O–H groups in total. The minimum absolute atomic E-state index is 0.0995. The summed E-state index contributed by atoms with van der Waals surface area (Å²) in [6.07, 6.45) is 5.66. The summed E-state index contributed by atoms with van der Waals surface area (Å²) in [5, 5.41) is 0. The van der Waals surface area contributed by atoms with Crippen LogP contribution in [0.15, 0.2) is 0 Å². The lowest BCUT2D eigenvalue weighted by Gasteiger charge is -2.54. The quantitative estimate of drug-likeness (QED) is 0.561. The molecule has 8 atom stereocenters. The van der Waals surface area contributed by atoms with Crippen LogP contribution in [0.3, 0.4) is 0 Å². The number of carbonyl (C=O) groups excluding carboxylic acids is 1. The maximum atomic E-state index is 13.1. The molecule has 0 saturated heterocycles. The van der Waals surface area contributed by atoms with Crippen LogP contribution in [-0.2, 0) is 4.79 Å². The van der Waals surface area contributed by atoms with Crippen LogP contribution < -0.4 is 0 Å². The number of rotatable bonds is 5. The molecule has 3 fully saturated rings. The van der Waals surface area contributed by atoms with Crippen molar-refractivity contribution in [2.75, 3.05) is 0 Å². The SMILES string of the molecule is CCCC1C(CC(F)F)CCC2C1CCC1(C)C2CC(C)C1C(C)=O. The first-order valence-electron chi connectivity index (χ1n) is 10.6. The van der Waals surface area contributed by atoms with Crippen molar-refractivity contribution in [2.24, 2.45) is 46.8 Å². The topological polar surface area (TPSA) is 17.1 Å². The van der Waals surface area contributed by atoms with Crippen molar-refractivity contribution in [1.29, 1.82) is 0 Å². The standard InChI is InChI=1S/C22H36F2O/c1-5-6-16-15(12-20(23)24)7-8-18-17(16)9-10-22(4)19(18)11-13(2)21(22)14(3)25/h13,15-21H,5-12H2,1-4H3. The second kappa shape index (κ2) is 7.27. The molecule has 3 saturated carbocycles. The maximum absolute atomic E-state index is 13.1. The van der Waals surface area contributed by atoms with Gasteiger partial charge in [0.1, 0.15) is 5.78 Å². The van der Waals surface area contributed by atoms with Crippen LogP contribution in [0.4, 0.5) is 8.78 Å². The number of hydrogen-bond donors (Lipinski definition) is 0. The van der Waals surface area contributed by atoms with Crippen LogP contribution >= 0.6 is 0 Å². The van der Waals surface area contributed by atoms with Crippen molar-refractivity contribution in [3.63, 3.8) is 0 Å². The summed E-state index contributed by atoms with van der Waals surface area (Å²) in [4.78, 5) is 12.3. The molecule has 3 aliphatic rings. The van der Waals surface area contributed by atoms with Crippen LogP contribution in [-0.4, -0.2) is 12.2 Å². The first-order chi connectivity index (χ1) is 11.8. The van der Waals surface area contributed by atoms with Gasteiger partial charge in [0.2, 0.25) is 6.43 Å². The average molecular weight is 355 g/mol. The molecule has 0 heterocycles. The predicted octanol–water partition coefficient (Wildman–Crippen LogP) is 6.36. The molecule has 0 spiro atoms. The highest BCUT2D eigenvalue weighted by atomic mass is 19.3. The van der Waals surface area contributed by atoms with Crippen molar-refractivity contribution < 1.29 is 13.6 Å². The average Bonchev–Trinajstić information content (AvgIpc) is 2.79. The summed E-state index contributed by atoms with van der Waals surface area (Å²) in [6.45, 7) is 8.60. The van der Waals surface area contributed by atoms with Crippen LogP contribution in [0.1, 0.15) is 79.1 Å². The van der Waals surface area contributed by atoms with Crippen LogP contribution in [0.25, 0.3) is 0 Å². The molecular weight excluding hydrogens is 318 g/mol. The fourth-order valence-corrected chi connectivity index (χ4v) is 7.77. The molecule has 25 heavy (non-hydrogen) atoms. The Bertz CT molecular complexity index is 490. The molecule has 0 aliphatic heterocycles. The first-order valence-corrected chi connectivity index (χ1v) is 10.6. The molecule has 0 radical (unpaired) electrons. The zero-order valence-corrected chi connectivity index (χ0v) is 16.4. The Labute approximate surface area is 152 Å². The van der Waals surface area contributed by atoms with Gasteiger partial charge in [0, 0.05) is 12.3 Å². The Morgan fingerprint density at radius 2 is 1.92 bits per heavy atom. The second-order valence-corrected chi connectivity index (χ2v) is 9.70. The van der Waals surface area contributed by atoms with Crippen LogP contribution in [0, 0.1) is 46.8 Å². The molecule has 3 rings (SSSR count). The molecule has 0 bridgehead atoms. The lowest BCUT2D eigenvalue weighted by molar-refractivity contribution is -0.129. The van der Waals surface area contributed by atoms with E-state index in [0.717, 1.165) is 38.5 Å². The lowest BCUT2D eigenvalue weighted by atomic mass is 9.50. The normalized spacial score (nSPS) is 46.8. The summed E-state index contributed by atoms with van der Waals surface area (Å²) in [7, 11) is 0. The third kappa shape index (κ3) is 3.30. The largest absolute Gasteiger partial charge is 0.300 e. The van der Waals surface area contributed by atoms with Gasteiger partial charge in [-0.2, -0.15) is 0 Å². The fourth-order valence-electron chi connectivity index (χ4n) is 7.77. The molecule has 1 nitrogen and oxygen atoms in total. The summed E-state index contributed by atoms with van der Waals surface area (Å²) >= 11 is 0. The van der Waals surface area contributed by atoms with Gasteiger partial charge in [-0.3, -0.25) is 4.79 Å². The van der Waals surface area contributed by atoms with Gasteiger partial charge in [0.25, 0.3) is 0 Å². The van der Waals surface area contributed by atoms with Gasteiger partial charge in [-0.25, -0.2) is 8.78 Å². The zero-order valence-electron chi connectivity index (χ0n) is 16.4. The zero-order chi connectivity index (χ0) is 18.4. The Morgan fingerprint density at radius 1 is 1.20 bits per heavy atom. The first kappa shape index (κ1) is 19.3. The highest BCUT2D eigenvalue weighted by Crippen LogP contribution is 2.65. The van der Waals surface area contributed by atoms with E-state index in [1.807, 2.05) is 0 Å². The van der Waals surface area contributed by atoms with Gasteiger partial charge in [0.15, 0.2) is 0 Å². The Kier molecular flexibility index (Phi) is 5.61. The second-order valence-electron chi connectivity index (χ2n) is 9.70. The highest BCUT2D eigenvalue weighted by molar-refractivity contribution is 5.80. The number of halogens is 2. The third-order valence-electron chi connectivity index (χ3n) is 8.40. The van der Waals surface area contributed by atoms with E-state index in [4.69, 9.17) is 0 Å². The molecule has 144 valence electrons. The van der Waals surface area contributed by atoms with E-state index in [9.17, 15) is 13.6 Å². The molecule has 0 aromatic carbocycles. The minimum atomic E-state index is -2.16. The Balaban J connectivity index is 1.84. The third-order valence-corrected chi connectivity index (χ3v) is 8.40. The Hall–Kier alpha value is -0.470. The summed E-state index contributed by atoms with van der Waals surface area (Å²) in [6, 6.07) is 0. The van der Waals surface area contributed by atoms with Crippen LogP contribution in [0.5, 0.6) is 0 Å². The van der Waals surface area contributed by atoms with Gasteiger partial charge in [0.05, 0.1) is 0 Å². The van der Waals surface area contributed by atoms with E-state index in [0.29, 0.717) is 35.4 Å². The van der Waals surface area contributed by atoms with Gasteiger partial charge in [-0.1, -0.05) is 33.6 Å². The van der Waals surface area contributed by atoms with Crippen molar-refractivity contribution >= 4 is 5.78 Å². The van der Waals surface area contributed by atoms with E-state index in [1.165, 1.54) is 6.42 Å². The highest BCUT2D eigenvalue weighted by Gasteiger charge is 2.59. The Morgan fingerprint density at radius 3 is 2.52 bits per heavy atom. The van der Waals surface area contributed by atoms with Crippen molar-refractivity contribution in [1.82, 2.24) is 0 Å². The minimum Gasteiger partial charge on any atom is -0.300 e. The molecule has 0 aromatic heterocycles. The van der Waals surface area contributed by atoms with E-state index < -0.39 is 6.43 Å². The molecule has 0 amide bonds. The number of hydrogen-bond acceptors (Lipinski definition) is 1. The van der Waals surface area contributed by atoms with E-state index in [-0.39, 0.29) is 23.7 Å². The number of alkyl halides is 2. The van der Waals surface area contributed by atoms with E-state index in [1.54, 1.807) is 6.92 Å². The summed E-state index contributed by atoms with van der Waals surface area (Å²) in [5.41, 5.74) is 0.152. The summed E-state index contributed by atoms with van der Waals surface area (Å²) in [5.74, 6) is 3.66. The molecule has 3 heteroatoms. The molecule has 8 unspecified atom stereocenters. The van der Waals surface area contributed by atoms with Gasteiger partial charge in [-0.05, 0) is 80.0 Å². The smallest absolute Gasteiger partial charge is 0.238 e. The summed E-state index contributed by atoms with van der Waals surface area (Å²) < 4.78 is 26.2. The lowest BCUT2D eigenvalue weighted by Crippen LogP contribution is -2.48.